The van der Waals surface area contributed by atoms with E-state index in [9.17, 15) is 0 Å². The van der Waals surface area contributed by atoms with Crippen molar-refractivity contribution in [2.24, 2.45) is 0 Å². The van der Waals surface area contributed by atoms with Crippen LogP contribution in [0.25, 0.3) is 11.6 Å². The molecule has 0 aliphatic heterocycles. The second kappa shape index (κ2) is 2.94. The summed E-state index contributed by atoms with van der Waals surface area (Å²) in [6.45, 7) is 0. The van der Waals surface area contributed by atoms with Crippen LogP contribution in [-0.2, 0) is 0 Å². The first-order valence-corrected chi connectivity index (χ1v) is 4.23. The summed E-state index contributed by atoms with van der Waals surface area (Å²) in [6, 6.07) is 3.65. The number of aromatic nitrogens is 2. The Balaban J connectivity index is 2.35. The lowest BCUT2D eigenvalue weighted by atomic mass is 10.4. The predicted molar refractivity (Wildman–Crippen MR) is 47.2 cm³/mol. The monoisotopic (exact) mass is 181 g/mol. The Morgan fingerprint density at radius 2 is 2.50 bits per heavy atom. The van der Waals surface area contributed by atoms with Crippen LogP contribution in [0, 0.1) is 0 Å². The van der Waals surface area contributed by atoms with Crippen molar-refractivity contribution in [1.82, 2.24) is 9.36 Å². The van der Waals surface area contributed by atoms with Gasteiger partial charge in [0.1, 0.15) is 0 Å². The zero-order valence-electron chi connectivity index (χ0n) is 6.44. The van der Waals surface area contributed by atoms with Gasteiger partial charge in [-0.2, -0.15) is 9.36 Å². The van der Waals surface area contributed by atoms with E-state index < -0.39 is 0 Å². The fraction of sp³-hybridized carbons (Fsp3) is 0.143. The number of rotatable bonds is 2. The molecule has 0 unspecified atom stereocenters. The van der Waals surface area contributed by atoms with Crippen molar-refractivity contribution < 1.29 is 4.42 Å². The standard InChI is InChI=1S/C7H7N3OS/c1-8-7-9-6(10-12-7)5-3-2-4-11-5/h2-4H,1H3,(H,8,9,10). The molecule has 0 saturated heterocycles. The van der Waals surface area contributed by atoms with Gasteiger partial charge in [0.15, 0.2) is 5.76 Å². The maximum Gasteiger partial charge on any atom is 0.210 e. The average molecular weight is 181 g/mol. The van der Waals surface area contributed by atoms with Gasteiger partial charge in [0, 0.05) is 18.6 Å². The summed E-state index contributed by atoms with van der Waals surface area (Å²) in [5.41, 5.74) is 0. The Morgan fingerprint density at radius 1 is 1.58 bits per heavy atom. The van der Waals surface area contributed by atoms with Gasteiger partial charge >= 0.3 is 0 Å². The summed E-state index contributed by atoms with van der Waals surface area (Å²) in [7, 11) is 1.81. The highest BCUT2D eigenvalue weighted by Crippen LogP contribution is 2.20. The third kappa shape index (κ3) is 1.18. The largest absolute Gasteiger partial charge is 0.461 e. The number of nitrogens with one attached hydrogen (secondary N) is 1. The van der Waals surface area contributed by atoms with E-state index in [1.807, 2.05) is 19.2 Å². The topological polar surface area (TPSA) is 51.0 Å². The molecule has 0 bridgehead atoms. The average Bonchev–Trinajstić information content (AvgIpc) is 2.75. The highest BCUT2D eigenvalue weighted by molar-refractivity contribution is 7.09. The van der Waals surface area contributed by atoms with Crippen LogP contribution in [0.4, 0.5) is 5.13 Å². The number of anilines is 1. The van der Waals surface area contributed by atoms with E-state index in [0.717, 1.165) is 5.13 Å². The van der Waals surface area contributed by atoms with Gasteiger partial charge in [0.05, 0.1) is 6.26 Å². The Labute approximate surface area is 73.4 Å². The molecule has 0 fully saturated rings. The van der Waals surface area contributed by atoms with Gasteiger partial charge in [-0.15, -0.1) is 0 Å². The van der Waals surface area contributed by atoms with Crippen molar-refractivity contribution in [3.63, 3.8) is 0 Å². The minimum atomic E-state index is 0.634. The van der Waals surface area contributed by atoms with Crippen molar-refractivity contribution in [1.29, 1.82) is 0 Å². The molecule has 5 heteroatoms. The molecule has 0 saturated carbocycles. The van der Waals surface area contributed by atoms with E-state index in [4.69, 9.17) is 4.42 Å². The molecule has 2 aromatic rings. The van der Waals surface area contributed by atoms with Crippen molar-refractivity contribution in [2.45, 2.75) is 0 Å². The van der Waals surface area contributed by atoms with Crippen molar-refractivity contribution >= 4 is 16.7 Å². The minimum absolute atomic E-state index is 0.634. The molecule has 12 heavy (non-hydrogen) atoms. The van der Waals surface area contributed by atoms with Gasteiger partial charge in [0.25, 0.3) is 0 Å². The second-order valence-electron chi connectivity index (χ2n) is 2.15. The van der Waals surface area contributed by atoms with Crippen LogP contribution in [-0.4, -0.2) is 16.4 Å². The van der Waals surface area contributed by atoms with E-state index in [1.54, 1.807) is 6.26 Å². The molecule has 2 aromatic heterocycles. The van der Waals surface area contributed by atoms with Crippen LogP contribution >= 0.6 is 11.5 Å². The summed E-state index contributed by atoms with van der Waals surface area (Å²) < 4.78 is 9.24. The van der Waals surface area contributed by atoms with Gasteiger partial charge in [-0.25, -0.2) is 0 Å². The maximum absolute atomic E-state index is 5.13. The smallest absolute Gasteiger partial charge is 0.210 e. The summed E-state index contributed by atoms with van der Waals surface area (Å²) in [4.78, 5) is 4.17. The zero-order chi connectivity index (χ0) is 8.39. The predicted octanol–water partition coefficient (Wildman–Crippen LogP) is 1.84. The van der Waals surface area contributed by atoms with Crippen LogP contribution in [0.1, 0.15) is 0 Å². The van der Waals surface area contributed by atoms with Gasteiger partial charge in [0.2, 0.25) is 11.0 Å². The van der Waals surface area contributed by atoms with Gasteiger partial charge in [-0.1, -0.05) is 0 Å². The van der Waals surface area contributed by atoms with Gasteiger partial charge in [-0.05, 0) is 12.1 Å². The molecule has 1 N–H and O–H groups in total. The summed E-state index contributed by atoms with van der Waals surface area (Å²) in [6.07, 6.45) is 1.61. The molecular weight excluding hydrogens is 174 g/mol. The Kier molecular flexibility index (Phi) is 1.79. The lowest BCUT2D eigenvalue weighted by Gasteiger charge is -1.86. The highest BCUT2D eigenvalue weighted by Gasteiger charge is 2.06. The second-order valence-corrected chi connectivity index (χ2v) is 2.90. The summed E-state index contributed by atoms with van der Waals surface area (Å²) in [5, 5.41) is 3.71. The first-order chi connectivity index (χ1) is 5.90. The minimum Gasteiger partial charge on any atom is -0.461 e. The van der Waals surface area contributed by atoms with Crippen LogP contribution in [0.2, 0.25) is 0 Å². The van der Waals surface area contributed by atoms with Crippen LogP contribution in [0.5, 0.6) is 0 Å². The first kappa shape index (κ1) is 7.30. The molecule has 2 heterocycles. The molecule has 0 atom stereocenters. The number of hydrogen-bond acceptors (Lipinski definition) is 5. The summed E-state index contributed by atoms with van der Waals surface area (Å²) >= 11 is 1.32. The molecule has 0 spiro atoms. The van der Waals surface area contributed by atoms with Gasteiger partial charge < -0.3 is 9.73 Å². The quantitative estimate of drug-likeness (QED) is 0.768. The lowest BCUT2D eigenvalue weighted by molar-refractivity contribution is 0.578. The van der Waals surface area contributed by atoms with Gasteiger partial charge in [-0.3, -0.25) is 0 Å². The molecule has 0 aliphatic rings. The molecule has 0 aliphatic carbocycles. The van der Waals surface area contributed by atoms with Crippen LogP contribution in [0.15, 0.2) is 22.8 Å². The van der Waals surface area contributed by atoms with Crippen molar-refractivity contribution in [3.05, 3.63) is 18.4 Å². The van der Waals surface area contributed by atoms with E-state index >= 15 is 0 Å². The van der Waals surface area contributed by atoms with Crippen LogP contribution in [0.3, 0.4) is 0 Å². The molecule has 0 amide bonds. The van der Waals surface area contributed by atoms with E-state index in [2.05, 4.69) is 14.7 Å². The SMILES string of the molecule is CNc1nc(-c2ccco2)ns1. The Hall–Kier alpha value is -1.36. The number of furan rings is 1. The van der Waals surface area contributed by atoms with Crippen molar-refractivity contribution in [3.8, 4) is 11.6 Å². The molecule has 2 rings (SSSR count). The molecule has 0 aromatic carbocycles. The normalized spacial score (nSPS) is 10.1. The zero-order valence-corrected chi connectivity index (χ0v) is 7.26. The van der Waals surface area contributed by atoms with E-state index in [-0.39, 0.29) is 0 Å². The van der Waals surface area contributed by atoms with Crippen molar-refractivity contribution in [2.75, 3.05) is 12.4 Å². The third-order valence-corrected chi connectivity index (χ3v) is 2.11. The maximum atomic E-state index is 5.13. The van der Waals surface area contributed by atoms with E-state index in [0.29, 0.717) is 11.6 Å². The molecule has 0 radical (unpaired) electrons. The summed E-state index contributed by atoms with van der Waals surface area (Å²) in [5.74, 6) is 1.34. The molecular formula is C7H7N3OS. The Bertz CT molecular complexity index is 354. The lowest BCUT2D eigenvalue weighted by Crippen LogP contribution is -1.85. The molecule has 4 nitrogen and oxygen atoms in total. The fourth-order valence-electron chi connectivity index (χ4n) is 0.831. The van der Waals surface area contributed by atoms with Crippen LogP contribution < -0.4 is 5.32 Å². The first-order valence-electron chi connectivity index (χ1n) is 3.45. The number of hydrogen-bond donors (Lipinski definition) is 1. The third-order valence-electron chi connectivity index (χ3n) is 1.38. The highest BCUT2D eigenvalue weighted by atomic mass is 32.1. The Morgan fingerprint density at radius 3 is 3.08 bits per heavy atom. The molecule has 62 valence electrons. The fourth-order valence-corrected chi connectivity index (χ4v) is 1.35. The number of nitrogens with zero attached hydrogens (tertiary/aromatic N) is 2. The van der Waals surface area contributed by atoms with E-state index in [1.165, 1.54) is 11.5 Å².